The predicted molar refractivity (Wildman–Crippen MR) is 93.0 cm³/mol. The van der Waals surface area contributed by atoms with Crippen LogP contribution >= 0.6 is 0 Å². The Labute approximate surface area is 138 Å². The molecule has 0 saturated heterocycles. The molecule has 1 unspecified atom stereocenters. The minimum atomic E-state index is 0.0219. The van der Waals surface area contributed by atoms with Crippen LogP contribution in [0.1, 0.15) is 16.7 Å². The highest BCUT2D eigenvalue weighted by atomic mass is 16.5. The third kappa shape index (κ3) is 5.11. The lowest BCUT2D eigenvalue weighted by Crippen LogP contribution is -3.08. The number of ether oxygens (including phenoxy) is 1. The highest BCUT2D eigenvalue weighted by molar-refractivity contribution is 5.91. The van der Waals surface area contributed by atoms with Gasteiger partial charge in [0.2, 0.25) is 0 Å². The fourth-order valence-electron chi connectivity index (χ4n) is 2.49. The highest BCUT2D eigenvalue weighted by Gasteiger charge is 2.11. The predicted octanol–water partition coefficient (Wildman–Crippen LogP) is 1.97. The molecule has 0 radical (unpaired) electrons. The van der Waals surface area contributed by atoms with Crippen LogP contribution < -0.4 is 15.0 Å². The topological polar surface area (TPSA) is 42.8 Å². The van der Waals surface area contributed by atoms with E-state index < -0.39 is 0 Å². The number of carbonyl (C=O) groups is 1. The molecule has 0 bridgehead atoms. The van der Waals surface area contributed by atoms with Crippen molar-refractivity contribution in [3.8, 4) is 5.75 Å². The third-order valence-electron chi connectivity index (χ3n) is 3.89. The van der Waals surface area contributed by atoms with E-state index in [0.717, 1.165) is 28.4 Å². The molecule has 0 saturated carbocycles. The molecule has 0 aromatic heterocycles. The van der Waals surface area contributed by atoms with Crippen molar-refractivity contribution >= 4 is 11.6 Å². The fourth-order valence-corrected chi connectivity index (χ4v) is 2.49. The smallest absolute Gasteiger partial charge is 0.279 e. The molecule has 0 fully saturated rings. The van der Waals surface area contributed by atoms with Gasteiger partial charge in [-0.2, -0.15) is 0 Å². The number of rotatable bonds is 6. The summed E-state index contributed by atoms with van der Waals surface area (Å²) in [5.41, 5.74) is 4.41. The number of aryl methyl sites for hydroxylation is 2. The Morgan fingerprint density at radius 3 is 2.61 bits per heavy atom. The average Bonchev–Trinajstić information content (AvgIpc) is 2.51. The van der Waals surface area contributed by atoms with Gasteiger partial charge in [0.05, 0.1) is 14.2 Å². The van der Waals surface area contributed by atoms with Crippen molar-refractivity contribution in [3.05, 3.63) is 59.2 Å². The van der Waals surface area contributed by atoms with Crippen LogP contribution in [0.15, 0.2) is 42.5 Å². The molecule has 122 valence electrons. The van der Waals surface area contributed by atoms with Crippen molar-refractivity contribution < 1.29 is 14.4 Å². The van der Waals surface area contributed by atoms with E-state index in [1.807, 2.05) is 56.4 Å². The van der Waals surface area contributed by atoms with Gasteiger partial charge in [-0.25, -0.2) is 0 Å². The first-order valence-corrected chi connectivity index (χ1v) is 7.79. The summed E-state index contributed by atoms with van der Waals surface area (Å²) in [4.78, 5) is 13.3. The number of anilines is 1. The zero-order chi connectivity index (χ0) is 16.8. The Morgan fingerprint density at radius 1 is 1.13 bits per heavy atom. The van der Waals surface area contributed by atoms with Crippen molar-refractivity contribution in [1.82, 2.24) is 0 Å². The van der Waals surface area contributed by atoms with Crippen LogP contribution in [0.4, 0.5) is 5.69 Å². The normalized spacial score (nSPS) is 11.8. The van der Waals surface area contributed by atoms with E-state index in [-0.39, 0.29) is 5.91 Å². The van der Waals surface area contributed by atoms with Gasteiger partial charge in [-0.05, 0) is 49.2 Å². The molecule has 4 heteroatoms. The number of benzene rings is 2. The number of likely N-dealkylation sites (N-methyl/N-ethyl adjacent to an activating group) is 1. The van der Waals surface area contributed by atoms with E-state index in [4.69, 9.17) is 4.74 Å². The first-order chi connectivity index (χ1) is 11.0. The maximum Gasteiger partial charge on any atom is 0.279 e. The zero-order valence-corrected chi connectivity index (χ0v) is 14.3. The van der Waals surface area contributed by atoms with Gasteiger partial charge < -0.3 is 15.0 Å². The number of nitrogens with one attached hydrogen (secondary N) is 2. The molecule has 1 atom stereocenters. The summed E-state index contributed by atoms with van der Waals surface area (Å²) in [5.74, 6) is 0.864. The zero-order valence-electron chi connectivity index (χ0n) is 14.3. The molecular formula is C19H25N2O2+. The Hall–Kier alpha value is -2.33. The molecule has 2 rings (SSSR count). The summed E-state index contributed by atoms with van der Waals surface area (Å²) in [6.07, 6.45) is 0. The SMILES string of the molecule is COc1cccc(C[NH+](C)CC(=O)Nc2ccc(C)c(C)c2)c1. The van der Waals surface area contributed by atoms with Crippen LogP contribution in [0, 0.1) is 13.8 Å². The van der Waals surface area contributed by atoms with Crippen LogP contribution in [0.2, 0.25) is 0 Å². The Bertz CT molecular complexity index is 683. The van der Waals surface area contributed by atoms with Crippen molar-refractivity contribution in [2.24, 2.45) is 0 Å². The van der Waals surface area contributed by atoms with Crippen LogP contribution in [0.5, 0.6) is 5.75 Å². The van der Waals surface area contributed by atoms with E-state index in [0.29, 0.717) is 6.54 Å². The van der Waals surface area contributed by atoms with Gasteiger partial charge in [0.1, 0.15) is 12.3 Å². The summed E-state index contributed by atoms with van der Waals surface area (Å²) >= 11 is 0. The van der Waals surface area contributed by atoms with Crippen molar-refractivity contribution in [1.29, 1.82) is 0 Å². The summed E-state index contributed by atoms with van der Waals surface area (Å²) in [6, 6.07) is 13.9. The molecule has 0 heterocycles. The quantitative estimate of drug-likeness (QED) is 0.856. The average molecular weight is 313 g/mol. The molecule has 0 aliphatic carbocycles. The van der Waals surface area contributed by atoms with Gasteiger partial charge in [0.25, 0.3) is 5.91 Å². The van der Waals surface area contributed by atoms with Crippen molar-refractivity contribution in [2.45, 2.75) is 20.4 Å². The summed E-state index contributed by atoms with van der Waals surface area (Å²) in [5, 5.41) is 2.96. The van der Waals surface area contributed by atoms with E-state index >= 15 is 0 Å². The molecule has 23 heavy (non-hydrogen) atoms. The van der Waals surface area contributed by atoms with Crippen LogP contribution in [-0.4, -0.2) is 26.6 Å². The molecule has 0 aliphatic rings. The van der Waals surface area contributed by atoms with Crippen molar-refractivity contribution in [3.63, 3.8) is 0 Å². The molecule has 4 nitrogen and oxygen atoms in total. The van der Waals surface area contributed by atoms with Gasteiger partial charge in [0.15, 0.2) is 6.54 Å². The van der Waals surface area contributed by atoms with Gasteiger partial charge in [-0.1, -0.05) is 18.2 Å². The second-order valence-electron chi connectivity index (χ2n) is 6.01. The number of methoxy groups -OCH3 is 1. The maximum atomic E-state index is 12.2. The molecule has 0 spiro atoms. The lowest BCUT2D eigenvalue weighted by molar-refractivity contribution is -0.885. The monoisotopic (exact) mass is 313 g/mol. The number of carbonyl (C=O) groups excluding carboxylic acids is 1. The lowest BCUT2D eigenvalue weighted by Gasteiger charge is -2.15. The number of hydrogen-bond acceptors (Lipinski definition) is 2. The van der Waals surface area contributed by atoms with E-state index in [1.54, 1.807) is 7.11 Å². The molecule has 0 aliphatic heterocycles. The highest BCUT2D eigenvalue weighted by Crippen LogP contribution is 2.14. The van der Waals surface area contributed by atoms with E-state index in [9.17, 15) is 4.79 Å². The third-order valence-corrected chi connectivity index (χ3v) is 3.89. The summed E-state index contributed by atoms with van der Waals surface area (Å²) in [7, 11) is 3.67. The maximum absolute atomic E-state index is 12.2. The van der Waals surface area contributed by atoms with Crippen LogP contribution in [0.25, 0.3) is 0 Å². The first kappa shape index (κ1) is 17.0. The van der Waals surface area contributed by atoms with Gasteiger partial charge in [0, 0.05) is 11.3 Å². The van der Waals surface area contributed by atoms with E-state index in [2.05, 4.69) is 12.2 Å². The minimum Gasteiger partial charge on any atom is -0.497 e. The largest absolute Gasteiger partial charge is 0.497 e. The number of amides is 1. The molecule has 2 aromatic rings. The Morgan fingerprint density at radius 2 is 1.91 bits per heavy atom. The Kier molecular flexibility index (Phi) is 5.77. The van der Waals surface area contributed by atoms with Crippen LogP contribution in [-0.2, 0) is 11.3 Å². The lowest BCUT2D eigenvalue weighted by atomic mass is 10.1. The van der Waals surface area contributed by atoms with Gasteiger partial charge in [-0.15, -0.1) is 0 Å². The van der Waals surface area contributed by atoms with Gasteiger partial charge >= 0.3 is 0 Å². The standard InChI is InChI=1S/C19H24N2O2/c1-14-8-9-17(10-15(14)2)20-19(22)13-21(3)12-16-6-5-7-18(11-16)23-4/h5-11H,12-13H2,1-4H3,(H,20,22)/p+1. The Balaban J connectivity index is 1.90. The second kappa shape index (κ2) is 7.79. The molecule has 1 amide bonds. The van der Waals surface area contributed by atoms with Crippen LogP contribution in [0.3, 0.4) is 0 Å². The summed E-state index contributed by atoms with van der Waals surface area (Å²) < 4.78 is 5.23. The molecule has 2 aromatic carbocycles. The van der Waals surface area contributed by atoms with E-state index in [1.165, 1.54) is 11.1 Å². The first-order valence-electron chi connectivity index (χ1n) is 7.79. The molecule has 2 N–H and O–H groups in total. The number of hydrogen-bond donors (Lipinski definition) is 2. The minimum absolute atomic E-state index is 0.0219. The van der Waals surface area contributed by atoms with Crippen molar-refractivity contribution in [2.75, 3.05) is 26.0 Å². The summed E-state index contributed by atoms with van der Waals surface area (Å²) in [6.45, 7) is 5.31. The number of quaternary nitrogens is 1. The van der Waals surface area contributed by atoms with Gasteiger partial charge in [-0.3, -0.25) is 4.79 Å². The second-order valence-corrected chi connectivity index (χ2v) is 6.01. The fraction of sp³-hybridized carbons (Fsp3) is 0.316. The molecular weight excluding hydrogens is 288 g/mol.